The van der Waals surface area contributed by atoms with Crippen LogP contribution >= 0.6 is 23.9 Å². The quantitative estimate of drug-likeness (QED) is 0.0268. The standard InChI is InChI=1S/C20H39O7PSi.C17H32O6PSi.C13H23O8P.C5H14NO.C2H3N.CH4.6Ba.ClH.6H/c1-8-12-24-28(21,26-17-10-13-22-16(17)9-2)25-15-19-18(11-14-23-19)27-29(6,7)20(3,4)5;1-7-13-14(8-10-19-13)22-24(18)21-12-16-15(9-11-20-16)23-25(5,6)17(2,3)4;1-2-5-19-22(16,20-9-13-10(15)3-6-18-13)21-11-4-7-17-12(11)8-14;1-6(2,3)4-5-7;1-2-3;;;;;;;;;;;;;;/h13-14,16-19H,8-12,15H2,1-7H3;10-11,13-16H,7-9,12H2,1-6H3;6-7,10-15H,2-5,8-9H2,1H3;7H,4-5H2,1-3H3;1H3;1H4;;;;;;;1H;;;;;;/q-2;-1;-2;+1;;;6*+2;;6*-1/p-1/t16-,17?,18?,19-,28+;13-,14?,15?,16-;10?,11?,12-,13-,22+;;;;;;;;;;;;;;;;/m111................/s1. The maximum atomic E-state index is 13.3. The summed E-state index contributed by atoms with van der Waals surface area (Å²) in [6.07, 6.45) is 2.33. The van der Waals surface area contributed by atoms with Crippen LogP contribution in [0.25, 0.3) is 0 Å². The number of aliphatic hydroxyl groups is 3. The SMILES string of the molecule is C.CC#N.CCCO[P@@](=O)(OC[C@H]1O[CH-]CC1O)OC1C[CH-]O[C@@H]1CO.CCCO[P@@](=O)(OC[C@H]1O[CH-]CC1O[Si](C)(C)C(C)(C)C)OC1C[CH-]O[C@@H]1CC.CC[C@H]1O[CH-]CC1O[P+](=O)OC[C@H]1O[CH-]CC1O[Si](C)(C)C(C)(C)C.C[N+](C)(C)CCO.[Ba+2].[Ba+2].[Ba+2].[Ba+2].[Ba+2].[Ba+2].[Cl-].[H-].[H-].[H-].[H-].[H-].[H-]. The number of nitrogens with zero attached hydrogens (tertiary/aromatic N) is 2. The van der Waals surface area contributed by atoms with Crippen molar-refractivity contribution in [2.24, 2.45) is 0 Å². The molecule has 15 atom stereocenters. The molecule has 6 saturated heterocycles. The van der Waals surface area contributed by atoms with E-state index in [1.54, 1.807) is 32.5 Å². The summed E-state index contributed by atoms with van der Waals surface area (Å²) in [5, 5.41) is 34.8. The van der Waals surface area contributed by atoms with Crippen molar-refractivity contribution in [3.63, 3.8) is 0 Å². The predicted octanol–water partition coefficient (Wildman–Crippen LogP) is 7.79. The number of ether oxygens (including phenoxy) is 6. The van der Waals surface area contributed by atoms with Gasteiger partial charge >= 0.3 is 317 Å². The number of likely N-dealkylation sites (N-methyl/N-ethyl adjacent to an activating group) is 1. The topological polar surface area (TPSA) is 283 Å². The van der Waals surface area contributed by atoms with E-state index in [1.807, 2.05) is 27.7 Å². The fourth-order valence-corrected chi connectivity index (χ4v) is 14.4. The number of nitriles is 1. The summed E-state index contributed by atoms with van der Waals surface area (Å²) in [6, 6.07) is 1.75. The van der Waals surface area contributed by atoms with Crippen molar-refractivity contribution in [2.45, 2.75) is 257 Å². The Morgan fingerprint density at radius 2 is 0.904 bits per heavy atom. The van der Waals surface area contributed by atoms with Crippen LogP contribution < -0.4 is 12.4 Å². The molecule has 0 radical (unpaired) electrons. The Balaban J connectivity index is -0.0000000909. The summed E-state index contributed by atoms with van der Waals surface area (Å²) >= 11 is 0. The Morgan fingerprint density at radius 1 is 0.574 bits per heavy atom. The zero-order chi connectivity index (χ0) is 65.0. The third-order valence-corrected chi connectivity index (χ3v) is 28.0. The molecule has 0 aromatic rings. The average molecular weight is 2210 g/mol. The molecule has 94 heavy (non-hydrogen) atoms. The third-order valence-electron chi connectivity index (χ3n) is 15.2. The Kier molecular flexibility index (Phi) is 75.7. The molecule has 6 aliphatic heterocycles. The van der Waals surface area contributed by atoms with Crippen LogP contribution in [0.5, 0.6) is 0 Å². The molecule has 0 aromatic heterocycles. The smallest absolute Gasteiger partial charge is 1.00 e. The van der Waals surface area contributed by atoms with E-state index in [9.17, 15) is 23.9 Å². The van der Waals surface area contributed by atoms with Crippen molar-refractivity contribution in [2.75, 3.05) is 73.9 Å². The fraction of sp³-hybridized carbons (Fsp3) is 0.879. The number of phosphoric ester groups is 2. The Morgan fingerprint density at radius 3 is 1.24 bits per heavy atom. The molecule has 0 amide bonds. The Hall–Kier alpha value is 9.40. The van der Waals surface area contributed by atoms with Gasteiger partial charge in [0.05, 0.1) is 116 Å². The van der Waals surface area contributed by atoms with E-state index < -0.39 is 65.0 Å². The van der Waals surface area contributed by atoms with Crippen LogP contribution in [0.15, 0.2) is 0 Å². The summed E-state index contributed by atoms with van der Waals surface area (Å²) in [5.41, 5.74) is 0. The van der Waals surface area contributed by atoms with Gasteiger partial charge in [-0.3, -0.25) is 27.1 Å². The molecular weight excluding hydrogens is 2090 g/mol. The van der Waals surface area contributed by atoms with Crippen molar-refractivity contribution in [3.8, 4) is 6.07 Å². The first-order valence-corrected chi connectivity index (χ1v) is 40.1. The summed E-state index contributed by atoms with van der Waals surface area (Å²) < 4.78 is 128. The third kappa shape index (κ3) is 46.4. The number of hydrogen-bond donors (Lipinski definition) is 3. The second-order valence-electron chi connectivity index (χ2n) is 25.4. The van der Waals surface area contributed by atoms with E-state index in [4.69, 9.17) is 83.8 Å². The minimum absolute atomic E-state index is 0. The number of quaternary nitrogens is 1. The second kappa shape index (κ2) is 61.0. The van der Waals surface area contributed by atoms with Crippen LogP contribution in [0.2, 0.25) is 36.3 Å². The molecule has 6 heterocycles. The predicted molar refractivity (Wildman–Crippen MR) is 378 cm³/mol. The van der Waals surface area contributed by atoms with E-state index in [2.05, 4.69) is 88.9 Å². The van der Waals surface area contributed by atoms with Crippen LogP contribution in [-0.4, -0.2) is 477 Å². The zero-order valence-corrected chi connectivity index (χ0v) is 91.7. The van der Waals surface area contributed by atoms with Gasteiger partial charge in [-0.1, -0.05) is 76.7 Å². The first-order chi connectivity index (χ1) is 40.2. The van der Waals surface area contributed by atoms with Gasteiger partial charge in [-0.15, -0.1) is 47.6 Å². The second-order valence-corrected chi connectivity index (χ2v) is 39.1. The summed E-state index contributed by atoms with van der Waals surface area (Å²) in [6.45, 7) is 42.8. The number of rotatable bonds is 30. The molecule has 0 spiro atoms. The van der Waals surface area contributed by atoms with Gasteiger partial charge < -0.3 is 78.0 Å². The fourth-order valence-electron chi connectivity index (χ4n) is 7.94. The number of hydrogen-bond acceptors (Lipinski definition) is 23. The van der Waals surface area contributed by atoms with Crippen molar-refractivity contribution in [1.29, 1.82) is 5.26 Å². The van der Waals surface area contributed by atoms with Crippen molar-refractivity contribution in [3.05, 3.63) is 39.6 Å². The van der Waals surface area contributed by atoms with Gasteiger partial charge in [0.25, 0.3) is 0 Å². The molecule has 6 rings (SSSR count). The monoisotopic (exact) mass is 2210 g/mol. The van der Waals surface area contributed by atoms with Gasteiger partial charge in [0.15, 0.2) is 16.6 Å². The van der Waals surface area contributed by atoms with Crippen LogP contribution in [-0.2, 0) is 87.2 Å². The Bertz CT molecular complexity index is 2090. The minimum Gasteiger partial charge on any atom is -1.00 e. The summed E-state index contributed by atoms with van der Waals surface area (Å²) in [5.74, 6) is 0. The first kappa shape index (κ1) is 117. The van der Waals surface area contributed by atoms with Gasteiger partial charge in [-0.05, 0) is 61.9 Å². The molecule has 3 N–H and O–H groups in total. The molecule has 0 saturated carbocycles. The molecule has 0 aromatic carbocycles. The van der Waals surface area contributed by atoms with Crippen LogP contribution in [0, 0.1) is 51.0 Å². The minimum atomic E-state index is -3.83. The van der Waals surface area contributed by atoms with Gasteiger partial charge in [0.2, 0.25) is 0 Å². The molecule has 536 valence electrons. The van der Waals surface area contributed by atoms with Gasteiger partial charge in [-0.2, -0.15) is 5.26 Å². The largest absolute Gasteiger partial charge is 2.00 e. The molecule has 7 unspecified atom stereocenters. The molecule has 36 heteroatoms. The average Bonchev–Trinajstić information content (AvgIpc) is 1.40. The van der Waals surface area contributed by atoms with E-state index in [0.717, 1.165) is 30.3 Å². The van der Waals surface area contributed by atoms with Crippen LogP contribution in [0.3, 0.4) is 0 Å². The van der Waals surface area contributed by atoms with Crippen molar-refractivity contribution >= 4 is 334 Å². The van der Waals surface area contributed by atoms with Gasteiger partial charge in [-0.25, -0.2) is 48.8 Å². The zero-order valence-electron chi connectivity index (χ0n) is 65.6. The maximum Gasteiger partial charge on any atom is 2.00 e. The van der Waals surface area contributed by atoms with Crippen LogP contribution in [0.4, 0.5) is 0 Å². The molecule has 0 bridgehead atoms. The van der Waals surface area contributed by atoms with Crippen molar-refractivity contribution < 1.29 is 128 Å². The van der Waals surface area contributed by atoms with E-state index in [1.165, 1.54) is 20.1 Å². The molecular formula is C58H121Ba6ClN2O22P3Si2+. The van der Waals surface area contributed by atoms with Gasteiger partial charge in [0, 0.05) is 29.8 Å². The summed E-state index contributed by atoms with van der Waals surface area (Å²) in [4.78, 5) is 0. The maximum absolute atomic E-state index is 13.3. The molecule has 24 nitrogen and oxygen atoms in total. The number of aliphatic hydroxyl groups excluding tert-OH is 3. The van der Waals surface area contributed by atoms with Crippen LogP contribution in [0.1, 0.15) is 156 Å². The van der Waals surface area contributed by atoms with Gasteiger partial charge in [0.1, 0.15) is 19.3 Å². The Labute approximate surface area is 828 Å². The summed E-state index contributed by atoms with van der Waals surface area (Å²) in [7, 11) is -7.47. The number of halogens is 1. The first-order valence-electron chi connectivity index (χ1n) is 30.3. The van der Waals surface area contributed by atoms with Crippen molar-refractivity contribution in [1.82, 2.24) is 0 Å². The van der Waals surface area contributed by atoms with E-state index >= 15 is 0 Å². The number of phosphoric acid groups is 2. The molecule has 6 fully saturated rings. The molecule has 6 aliphatic rings. The molecule has 0 aliphatic carbocycles. The van der Waals surface area contributed by atoms with E-state index in [0.29, 0.717) is 51.6 Å². The normalized spacial score (nSPS) is 27.0. The van der Waals surface area contributed by atoms with E-state index in [-0.39, 0.29) is 420 Å².